The van der Waals surface area contributed by atoms with E-state index in [1.54, 1.807) is 13.0 Å². The second kappa shape index (κ2) is 7.06. The van der Waals surface area contributed by atoms with E-state index >= 15 is 0 Å². The molecule has 0 bridgehead atoms. The summed E-state index contributed by atoms with van der Waals surface area (Å²) in [4.78, 5) is 2.08. The number of nitrogens with zero attached hydrogens (tertiary/aromatic N) is 1. The molecule has 13 heavy (non-hydrogen) atoms. The first-order chi connectivity index (χ1) is 6.17. The van der Waals surface area contributed by atoms with E-state index in [1.165, 1.54) is 0 Å². The van der Waals surface area contributed by atoms with Crippen LogP contribution in [0.25, 0.3) is 0 Å². The maximum absolute atomic E-state index is 9.47. The standard InChI is InChI=1S/C10H21NO2/c1-5-8-13-10(9(4)12)11(6-2)7-3/h5,9-10,12H,1,6-8H2,2-4H3/q+1. The molecule has 0 aromatic carbocycles. The molecular weight excluding hydrogens is 166 g/mol. The van der Waals surface area contributed by atoms with Crippen LogP contribution >= 0.6 is 0 Å². The van der Waals surface area contributed by atoms with Crippen molar-refractivity contribution in [2.45, 2.75) is 33.1 Å². The monoisotopic (exact) mass is 187 g/mol. The summed E-state index contributed by atoms with van der Waals surface area (Å²) in [6, 6.07) is 0. The lowest BCUT2D eigenvalue weighted by molar-refractivity contribution is -0.0712. The molecule has 0 aromatic rings. The molecule has 0 fully saturated rings. The Kier molecular flexibility index (Phi) is 6.86. The molecule has 0 saturated carbocycles. The molecule has 0 aliphatic carbocycles. The van der Waals surface area contributed by atoms with Crippen molar-refractivity contribution in [2.24, 2.45) is 0 Å². The average Bonchev–Trinajstić information content (AvgIpc) is 2.11. The molecule has 0 saturated heterocycles. The highest BCUT2D eigenvalue weighted by atomic mass is 16.5. The van der Waals surface area contributed by atoms with Crippen LogP contribution in [0.5, 0.6) is 0 Å². The lowest BCUT2D eigenvalue weighted by atomic mass is 10.3. The van der Waals surface area contributed by atoms with Gasteiger partial charge in [0, 0.05) is 0 Å². The van der Waals surface area contributed by atoms with Gasteiger partial charge in [0.2, 0.25) is 0 Å². The van der Waals surface area contributed by atoms with Crippen LogP contribution < -0.4 is 4.90 Å². The Labute approximate surface area is 81.0 Å². The predicted molar refractivity (Wildman–Crippen MR) is 54.8 cm³/mol. The number of ether oxygens (including phenoxy) is 1. The van der Waals surface area contributed by atoms with Gasteiger partial charge in [-0.25, -0.2) is 0 Å². The number of rotatable bonds is 7. The molecular formula is C10H21NO2+. The lowest BCUT2D eigenvalue weighted by Crippen LogP contribution is -2.48. The third-order valence-corrected chi connectivity index (χ3v) is 1.97. The Morgan fingerprint density at radius 3 is 2.31 bits per heavy atom. The Balaban J connectivity index is 4.11. The van der Waals surface area contributed by atoms with Crippen LogP contribution in [0.4, 0.5) is 0 Å². The van der Waals surface area contributed by atoms with Gasteiger partial charge in [0.05, 0.1) is 6.61 Å². The average molecular weight is 187 g/mol. The zero-order valence-electron chi connectivity index (χ0n) is 8.86. The number of aliphatic hydroxyl groups is 1. The first-order valence-corrected chi connectivity index (χ1v) is 4.81. The van der Waals surface area contributed by atoms with E-state index in [4.69, 9.17) is 4.74 Å². The van der Waals surface area contributed by atoms with E-state index in [1.807, 2.05) is 0 Å². The number of aliphatic hydroxyl groups excluding tert-OH is 1. The van der Waals surface area contributed by atoms with Crippen LogP contribution in [0.2, 0.25) is 0 Å². The van der Waals surface area contributed by atoms with Crippen molar-refractivity contribution in [1.82, 2.24) is 4.90 Å². The zero-order valence-corrected chi connectivity index (χ0v) is 8.86. The van der Waals surface area contributed by atoms with Gasteiger partial charge >= 0.3 is 0 Å². The van der Waals surface area contributed by atoms with Crippen LogP contribution in [-0.4, -0.2) is 37.1 Å². The highest BCUT2D eigenvalue weighted by Gasteiger charge is 2.29. The molecule has 2 atom stereocenters. The molecule has 77 valence electrons. The minimum Gasteiger partial charge on any atom is -0.384 e. The quantitative estimate of drug-likeness (QED) is 0.368. The van der Waals surface area contributed by atoms with Crippen LogP contribution in [-0.2, 0) is 4.74 Å². The van der Waals surface area contributed by atoms with Gasteiger partial charge in [-0.05, 0) is 20.8 Å². The number of hydrogen-bond donors (Lipinski definition) is 1. The fraction of sp³-hybridized carbons (Fsp3) is 0.800. The van der Waals surface area contributed by atoms with Gasteiger partial charge in [0.25, 0.3) is 6.23 Å². The highest BCUT2D eigenvalue weighted by Crippen LogP contribution is 2.03. The van der Waals surface area contributed by atoms with E-state index in [2.05, 4.69) is 25.3 Å². The smallest absolute Gasteiger partial charge is 0.263 e. The molecule has 3 nitrogen and oxygen atoms in total. The third-order valence-electron chi connectivity index (χ3n) is 1.97. The minimum absolute atomic E-state index is 0.215. The first kappa shape index (κ1) is 12.6. The molecule has 0 amide bonds. The van der Waals surface area contributed by atoms with Gasteiger partial charge in [0.15, 0.2) is 0 Å². The molecule has 0 aliphatic rings. The first-order valence-electron chi connectivity index (χ1n) is 4.81. The predicted octanol–water partition coefficient (Wildman–Crippen LogP) is 1.08. The van der Waals surface area contributed by atoms with E-state index in [-0.39, 0.29) is 6.23 Å². The van der Waals surface area contributed by atoms with E-state index in [0.29, 0.717) is 6.61 Å². The van der Waals surface area contributed by atoms with Crippen molar-refractivity contribution < 1.29 is 9.84 Å². The van der Waals surface area contributed by atoms with Gasteiger partial charge in [0.1, 0.15) is 19.2 Å². The van der Waals surface area contributed by atoms with Crippen molar-refractivity contribution in [3.05, 3.63) is 12.7 Å². The van der Waals surface area contributed by atoms with Crippen LogP contribution in [0.1, 0.15) is 20.8 Å². The highest BCUT2D eigenvalue weighted by molar-refractivity contribution is 4.73. The fourth-order valence-electron chi connectivity index (χ4n) is 1.30. The Hall–Kier alpha value is -0.380. The maximum atomic E-state index is 9.47. The van der Waals surface area contributed by atoms with Gasteiger partial charge in [-0.15, -0.1) is 11.5 Å². The fourth-order valence-corrected chi connectivity index (χ4v) is 1.30. The SMILES string of the molecule is C=CCOC(C(C)O)[N+](CC)CC. The van der Waals surface area contributed by atoms with E-state index in [0.717, 1.165) is 13.1 Å². The summed E-state index contributed by atoms with van der Waals surface area (Å²) < 4.78 is 5.45. The summed E-state index contributed by atoms with van der Waals surface area (Å²) in [6.07, 6.45) is 1.01. The molecule has 0 rings (SSSR count). The van der Waals surface area contributed by atoms with Crippen molar-refractivity contribution in [3.8, 4) is 0 Å². The lowest BCUT2D eigenvalue weighted by Gasteiger charge is -2.22. The maximum Gasteiger partial charge on any atom is 0.263 e. The second-order valence-corrected chi connectivity index (χ2v) is 2.97. The second-order valence-electron chi connectivity index (χ2n) is 2.97. The summed E-state index contributed by atoms with van der Waals surface area (Å²) in [7, 11) is 0. The topological polar surface area (TPSA) is 35.4 Å². The Morgan fingerprint density at radius 2 is 2.00 bits per heavy atom. The molecule has 0 aliphatic heterocycles. The molecule has 0 aromatic heterocycles. The summed E-state index contributed by atoms with van der Waals surface area (Å²) in [5.74, 6) is 0. The minimum atomic E-state index is -0.472. The van der Waals surface area contributed by atoms with Crippen LogP contribution in [0.3, 0.4) is 0 Å². The third kappa shape index (κ3) is 4.41. The van der Waals surface area contributed by atoms with E-state index < -0.39 is 6.10 Å². The Morgan fingerprint density at radius 1 is 1.46 bits per heavy atom. The normalized spacial score (nSPS) is 15.8. The summed E-state index contributed by atoms with van der Waals surface area (Å²) in [5, 5.41) is 9.47. The number of hydrogen-bond acceptors (Lipinski definition) is 3. The van der Waals surface area contributed by atoms with Gasteiger partial charge < -0.3 is 9.84 Å². The zero-order chi connectivity index (χ0) is 10.3. The van der Waals surface area contributed by atoms with Crippen LogP contribution in [0.15, 0.2) is 12.7 Å². The van der Waals surface area contributed by atoms with Crippen LogP contribution in [0, 0.1) is 0 Å². The molecule has 1 N–H and O–H groups in total. The van der Waals surface area contributed by atoms with Crippen molar-refractivity contribution in [3.63, 3.8) is 0 Å². The summed E-state index contributed by atoms with van der Waals surface area (Å²) in [6.45, 7) is 11.7. The van der Waals surface area contributed by atoms with Gasteiger partial charge in [-0.3, -0.25) is 0 Å². The van der Waals surface area contributed by atoms with Gasteiger partial charge in [-0.1, -0.05) is 6.08 Å². The molecule has 1 radical (unpaired) electrons. The number of likely N-dealkylation sites (N-methyl/N-ethyl adjacent to an activating group) is 1. The molecule has 0 heterocycles. The Bertz CT molecular complexity index is 133. The van der Waals surface area contributed by atoms with E-state index in [9.17, 15) is 5.11 Å². The largest absolute Gasteiger partial charge is 0.384 e. The van der Waals surface area contributed by atoms with Crippen molar-refractivity contribution in [2.75, 3.05) is 19.7 Å². The molecule has 0 spiro atoms. The molecule has 3 heteroatoms. The van der Waals surface area contributed by atoms with Gasteiger partial charge in [-0.2, -0.15) is 0 Å². The molecule has 2 unspecified atom stereocenters. The summed E-state index contributed by atoms with van der Waals surface area (Å²) in [5.41, 5.74) is 0. The van der Waals surface area contributed by atoms with Crippen molar-refractivity contribution in [1.29, 1.82) is 0 Å². The summed E-state index contributed by atoms with van der Waals surface area (Å²) >= 11 is 0. The van der Waals surface area contributed by atoms with Crippen molar-refractivity contribution >= 4 is 0 Å².